The number of aryl methyl sites for hydroxylation is 1. The van der Waals surface area contributed by atoms with E-state index in [4.69, 9.17) is 10.2 Å². The highest BCUT2D eigenvalue weighted by atomic mass is 35.5. The van der Waals surface area contributed by atoms with E-state index in [1.54, 1.807) is 12.1 Å². The number of anilines is 1. The zero-order valence-corrected chi connectivity index (χ0v) is 16.2. The van der Waals surface area contributed by atoms with Crippen LogP contribution in [0.3, 0.4) is 0 Å². The van der Waals surface area contributed by atoms with Crippen LogP contribution in [-0.4, -0.2) is 10.9 Å². The molecule has 0 radical (unpaired) electrons. The van der Waals surface area contributed by atoms with Gasteiger partial charge < -0.3 is 15.5 Å². The molecule has 2 aromatic carbocycles. The van der Waals surface area contributed by atoms with E-state index >= 15 is 0 Å². The number of aromatic nitrogens is 1. The number of benzene rings is 2. The summed E-state index contributed by atoms with van der Waals surface area (Å²) < 4.78 is 5.77. The SMILES string of the molecule is Cc1ccc(C(N)C(=O)Nc2ccc3oc(C(C)(C)C)nc3c2)cc1.Cl. The lowest BCUT2D eigenvalue weighted by Gasteiger charge is -2.12. The van der Waals surface area contributed by atoms with Crippen molar-refractivity contribution in [1.82, 2.24) is 4.98 Å². The van der Waals surface area contributed by atoms with E-state index in [9.17, 15) is 4.79 Å². The molecule has 0 aliphatic carbocycles. The van der Waals surface area contributed by atoms with E-state index in [-0.39, 0.29) is 23.7 Å². The maximum atomic E-state index is 12.4. The molecule has 138 valence electrons. The summed E-state index contributed by atoms with van der Waals surface area (Å²) in [6.07, 6.45) is 0. The van der Waals surface area contributed by atoms with Crippen molar-refractivity contribution < 1.29 is 9.21 Å². The average molecular weight is 374 g/mol. The van der Waals surface area contributed by atoms with Crippen LogP contribution >= 0.6 is 12.4 Å². The molecule has 1 amide bonds. The van der Waals surface area contributed by atoms with E-state index in [0.29, 0.717) is 22.7 Å². The van der Waals surface area contributed by atoms with Crippen LogP contribution in [0.2, 0.25) is 0 Å². The number of rotatable bonds is 3. The molecule has 3 N–H and O–H groups in total. The molecule has 0 saturated heterocycles. The van der Waals surface area contributed by atoms with E-state index in [2.05, 4.69) is 10.3 Å². The number of oxazole rings is 1. The number of hydrogen-bond donors (Lipinski definition) is 2. The van der Waals surface area contributed by atoms with Crippen molar-refractivity contribution in [2.24, 2.45) is 5.73 Å². The first-order valence-electron chi connectivity index (χ1n) is 8.28. The summed E-state index contributed by atoms with van der Waals surface area (Å²) in [6.45, 7) is 8.12. The third-order valence-electron chi connectivity index (χ3n) is 4.02. The fourth-order valence-electron chi connectivity index (χ4n) is 2.47. The normalized spacial score (nSPS) is 12.5. The Morgan fingerprint density at radius 3 is 2.42 bits per heavy atom. The lowest BCUT2D eigenvalue weighted by atomic mass is 9.97. The van der Waals surface area contributed by atoms with E-state index in [1.165, 1.54) is 0 Å². The van der Waals surface area contributed by atoms with Crippen LogP contribution < -0.4 is 11.1 Å². The fraction of sp³-hybridized carbons (Fsp3) is 0.300. The van der Waals surface area contributed by atoms with E-state index < -0.39 is 6.04 Å². The fourth-order valence-corrected chi connectivity index (χ4v) is 2.47. The number of fused-ring (bicyclic) bond motifs is 1. The van der Waals surface area contributed by atoms with Gasteiger partial charge in [0, 0.05) is 11.1 Å². The topological polar surface area (TPSA) is 81.2 Å². The summed E-state index contributed by atoms with van der Waals surface area (Å²) in [5, 5.41) is 2.85. The number of nitrogens with zero attached hydrogens (tertiary/aromatic N) is 1. The van der Waals surface area contributed by atoms with Crippen molar-refractivity contribution in [3.63, 3.8) is 0 Å². The molecule has 0 saturated carbocycles. The number of carbonyl (C=O) groups is 1. The zero-order chi connectivity index (χ0) is 18.2. The van der Waals surface area contributed by atoms with Gasteiger partial charge in [0.1, 0.15) is 11.6 Å². The first kappa shape index (κ1) is 19.9. The molecule has 0 fully saturated rings. The third kappa shape index (κ3) is 4.23. The standard InChI is InChI=1S/C20H23N3O2.ClH/c1-12-5-7-13(8-6-12)17(21)18(24)22-14-9-10-16-15(11-14)23-19(25-16)20(2,3)4;/h5-11,17H,21H2,1-4H3,(H,22,24);1H. The van der Waals surface area contributed by atoms with Crippen molar-refractivity contribution in [3.05, 3.63) is 59.5 Å². The van der Waals surface area contributed by atoms with Crippen molar-refractivity contribution >= 4 is 35.1 Å². The predicted molar refractivity (Wildman–Crippen MR) is 107 cm³/mol. The van der Waals surface area contributed by atoms with Gasteiger partial charge in [0.25, 0.3) is 0 Å². The number of nitrogens with one attached hydrogen (secondary N) is 1. The Morgan fingerprint density at radius 2 is 1.81 bits per heavy atom. The first-order valence-corrected chi connectivity index (χ1v) is 8.28. The van der Waals surface area contributed by atoms with Crippen molar-refractivity contribution in [1.29, 1.82) is 0 Å². The summed E-state index contributed by atoms with van der Waals surface area (Å²) in [5.41, 5.74) is 9.86. The quantitative estimate of drug-likeness (QED) is 0.708. The molecule has 0 aliphatic rings. The summed E-state index contributed by atoms with van der Waals surface area (Å²) in [4.78, 5) is 16.9. The minimum Gasteiger partial charge on any atom is -0.440 e. The number of amides is 1. The smallest absolute Gasteiger partial charge is 0.245 e. The summed E-state index contributed by atoms with van der Waals surface area (Å²) in [5.74, 6) is 0.407. The van der Waals surface area contributed by atoms with Crippen LogP contribution in [0.4, 0.5) is 5.69 Å². The van der Waals surface area contributed by atoms with Gasteiger partial charge in [0.2, 0.25) is 11.8 Å². The number of hydrogen-bond acceptors (Lipinski definition) is 4. The average Bonchev–Trinajstić information content (AvgIpc) is 2.98. The number of carbonyl (C=O) groups excluding carboxylic acids is 1. The Kier molecular flexibility index (Phi) is 5.74. The van der Waals surface area contributed by atoms with Gasteiger partial charge in [-0.25, -0.2) is 4.98 Å². The molecule has 5 nitrogen and oxygen atoms in total. The Labute approximate surface area is 159 Å². The largest absolute Gasteiger partial charge is 0.440 e. The van der Waals surface area contributed by atoms with Crippen LogP contribution in [0.15, 0.2) is 46.9 Å². The van der Waals surface area contributed by atoms with E-state index in [1.807, 2.05) is 58.0 Å². The maximum absolute atomic E-state index is 12.4. The highest BCUT2D eigenvalue weighted by Gasteiger charge is 2.21. The molecule has 1 unspecified atom stereocenters. The third-order valence-corrected chi connectivity index (χ3v) is 4.02. The van der Waals surface area contributed by atoms with Gasteiger partial charge in [0.05, 0.1) is 0 Å². The molecule has 26 heavy (non-hydrogen) atoms. The highest BCUT2D eigenvalue weighted by molar-refractivity contribution is 5.96. The van der Waals surface area contributed by atoms with Crippen LogP contribution in [0, 0.1) is 6.92 Å². The minimum absolute atomic E-state index is 0. The lowest BCUT2D eigenvalue weighted by molar-refractivity contribution is -0.117. The molecule has 0 bridgehead atoms. The second-order valence-electron chi connectivity index (χ2n) is 7.33. The van der Waals surface area contributed by atoms with Gasteiger partial charge in [-0.05, 0) is 30.7 Å². The van der Waals surface area contributed by atoms with Gasteiger partial charge in [-0.2, -0.15) is 0 Å². The predicted octanol–water partition coefficient (Wildman–Crippen LogP) is 4.49. The highest BCUT2D eigenvalue weighted by Crippen LogP contribution is 2.27. The van der Waals surface area contributed by atoms with Crippen LogP contribution in [0.1, 0.15) is 43.8 Å². The van der Waals surface area contributed by atoms with Crippen molar-refractivity contribution in [2.45, 2.75) is 39.2 Å². The molecular formula is C20H24ClN3O2. The Morgan fingerprint density at radius 1 is 1.15 bits per heavy atom. The zero-order valence-electron chi connectivity index (χ0n) is 15.4. The van der Waals surface area contributed by atoms with Crippen molar-refractivity contribution in [2.75, 3.05) is 5.32 Å². The molecule has 1 heterocycles. The van der Waals surface area contributed by atoms with Gasteiger partial charge in [-0.15, -0.1) is 12.4 Å². The van der Waals surface area contributed by atoms with Crippen LogP contribution in [0.5, 0.6) is 0 Å². The second kappa shape index (κ2) is 7.48. The molecule has 1 atom stereocenters. The van der Waals surface area contributed by atoms with Gasteiger partial charge in [-0.1, -0.05) is 50.6 Å². The number of nitrogens with two attached hydrogens (primary N) is 1. The molecular weight excluding hydrogens is 350 g/mol. The van der Waals surface area contributed by atoms with E-state index in [0.717, 1.165) is 11.1 Å². The van der Waals surface area contributed by atoms with Crippen LogP contribution in [0.25, 0.3) is 11.1 Å². The monoisotopic (exact) mass is 373 g/mol. The molecule has 3 aromatic rings. The molecule has 6 heteroatoms. The Hall–Kier alpha value is -2.37. The van der Waals surface area contributed by atoms with Gasteiger partial charge in [-0.3, -0.25) is 4.79 Å². The first-order chi connectivity index (χ1) is 11.7. The molecule has 0 spiro atoms. The molecule has 3 rings (SSSR count). The van der Waals surface area contributed by atoms with Gasteiger partial charge in [0.15, 0.2) is 5.58 Å². The minimum atomic E-state index is -0.723. The summed E-state index contributed by atoms with van der Waals surface area (Å²) in [6, 6.07) is 12.3. The summed E-state index contributed by atoms with van der Waals surface area (Å²) >= 11 is 0. The Balaban J connectivity index is 0.00000243. The van der Waals surface area contributed by atoms with Gasteiger partial charge >= 0.3 is 0 Å². The summed E-state index contributed by atoms with van der Waals surface area (Å²) in [7, 11) is 0. The second-order valence-corrected chi connectivity index (χ2v) is 7.33. The Bertz CT molecular complexity index is 911. The maximum Gasteiger partial charge on any atom is 0.245 e. The number of halogens is 1. The molecule has 1 aromatic heterocycles. The van der Waals surface area contributed by atoms with Crippen molar-refractivity contribution in [3.8, 4) is 0 Å². The van der Waals surface area contributed by atoms with Crippen LogP contribution in [-0.2, 0) is 10.2 Å². The lowest BCUT2D eigenvalue weighted by Crippen LogP contribution is -2.27. The molecule has 0 aliphatic heterocycles.